The van der Waals surface area contributed by atoms with Crippen LogP contribution >= 0.6 is 0 Å². The van der Waals surface area contributed by atoms with Gasteiger partial charge in [0.15, 0.2) is 21.2 Å². The van der Waals surface area contributed by atoms with E-state index in [1.54, 1.807) is 48.5 Å². The predicted molar refractivity (Wildman–Crippen MR) is 136 cm³/mol. The van der Waals surface area contributed by atoms with Gasteiger partial charge in [-0.15, -0.1) is 0 Å². The number of nitrogens with two attached hydrogens (primary N) is 2. The van der Waals surface area contributed by atoms with Crippen molar-refractivity contribution in [2.45, 2.75) is 11.4 Å². The van der Waals surface area contributed by atoms with Crippen molar-refractivity contribution < 1.29 is 18.1 Å². The lowest BCUT2D eigenvalue weighted by molar-refractivity contribution is -0.481. The fourth-order valence-electron chi connectivity index (χ4n) is 3.94. The molecular weight excluding hydrogens is 495 g/mol. The molecule has 1 heterocycles. The topological polar surface area (TPSA) is 159 Å². The van der Waals surface area contributed by atoms with Crippen molar-refractivity contribution in [1.82, 2.24) is 9.55 Å². The van der Waals surface area contributed by atoms with E-state index in [4.69, 9.17) is 11.1 Å². The van der Waals surface area contributed by atoms with Gasteiger partial charge in [0.25, 0.3) is 0 Å². The number of nitrogens with zero attached hydrogens (tertiary/aromatic N) is 3. The van der Waals surface area contributed by atoms with Crippen LogP contribution in [0.1, 0.15) is 11.3 Å². The highest BCUT2D eigenvalue weighted by Crippen LogP contribution is 2.29. The highest BCUT2D eigenvalue weighted by atomic mass is 32.2. The maximum atomic E-state index is 15.4. The second kappa shape index (κ2) is 10.2. The van der Waals surface area contributed by atoms with Crippen LogP contribution < -0.4 is 16.6 Å². The van der Waals surface area contributed by atoms with Crippen LogP contribution in [0.5, 0.6) is 0 Å². The molecule has 11 heteroatoms. The van der Waals surface area contributed by atoms with Gasteiger partial charge in [-0.05, 0) is 29.8 Å². The molecule has 3 aromatic carbocycles. The van der Waals surface area contributed by atoms with Gasteiger partial charge in [-0.3, -0.25) is 20.1 Å². The van der Waals surface area contributed by atoms with Crippen LogP contribution in [0.2, 0.25) is 0 Å². The van der Waals surface area contributed by atoms with E-state index >= 15 is 4.39 Å². The number of rotatable bonds is 7. The van der Waals surface area contributed by atoms with Crippen LogP contribution in [0.25, 0.3) is 16.8 Å². The van der Waals surface area contributed by atoms with Crippen LogP contribution in [-0.4, -0.2) is 29.9 Å². The number of halogens is 1. The Balaban J connectivity index is 1.86. The number of nitrogens with one attached hydrogen (secondary N) is 1. The molecule has 0 saturated carbocycles. The summed E-state index contributed by atoms with van der Waals surface area (Å²) < 4.78 is 40.7. The Morgan fingerprint density at radius 2 is 1.86 bits per heavy atom. The van der Waals surface area contributed by atoms with Gasteiger partial charge in [0.05, 0.1) is 10.6 Å². The summed E-state index contributed by atoms with van der Waals surface area (Å²) in [6.07, 6.45) is 2.13. The third kappa shape index (κ3) is 5.07. The molecule has 1 aromatic heterocycles. The lowest BCUT2D eigenvalue weighted by Crippen LogP contribution is -2.75. The minimum atomic E-state index is -3.57. The van der Waals surface area contributed by atoms with Crippen LogP contribution in [0.3, 0.4) is 0 Å². The van der Waals surface area contributed by atoms with Crippen molar-refractivity contribution in [1.29, 1.82) is 10.7 Å². The van der Waals surface area contributed by atoms with E-state index in [1.165, 1.54) is 23.5 Å². The van der Waals surface area contributed by atoms with Crippen LogP contribution in [0.15, 0.2) is 82.7 Å². The van der Waals surface area contributed by atoms with Gasteiger partial charge >= 0.3 is 5.56 Å². The molecule has 4 aromatic rings. The van der Waals surface area contributed by atoms with Gasteiger partial charge in [-0.25, -0.2) is 17.8 Å². The van der Waals surface area contributed by atoms with Crippen LogP contribution in [0.4, 0.5) is 15.8 Å². The summed E-state index contributed by atoms with van der Waals surface area (Å²) in [6, 6.07) is 19.0. The molecule has 0 fully saturated rings. The molecule has 186 valence electrons. The fourth-order valence-corrected chi connectivity index (χ4v) is 4.85. The summed E-state index contributed by atoms with van der Waals surface area (Å²) in [5.41, 5.74) is 6.22. The largest absolute Gasteiger partial charge is 0.326 e. The number of hydrogen-bond donors (Lipinski definition) is 3. The smallest absolute Gasteiger partial charge is 0.320 e. The number of benzene rings is 3. The molecule has 0 aliphatic carbocycles. The number of hydrogen-bond acceptors (Lipinski definition) is 7. The summed E-state index contributed by atoms with van der Waals surface area (Å²) in [7, 11) is -3.57. The third-order valence-corrected chi connectivity index (χ3v) is 6.89. The standard InChI is InChI=1S/C26H21FN6O3S/c1-37(35,36)23-9-5-3-7-18(23)16-10-11-22(19(27)12-16)33-15-31-24(20(30)14-29)25(26(33)34)32-21-8-4-2-6-17(21)13-28/h2-12,15,30,32H,13,28H2,1H3/p+1. The number of nitriles is 1. The quantitative estimate of drug-likeness (QED) is 0.252. The Bertz CT molecular complexity index is 1740. The second-order valence-corrected chi connectivity index (χ2v) is 10.1. The van der Waals surface area contributed by atoms with Gasteiger partial charge in [0.2, 0.25) is 5.69 Å². The first-order valence-corrected chi connectivity index (χ1v) is 12.9. The molecule has 5 N–H and O–H groups in total. The summed E-state index contributed by atoms with van der Waals surface area (Å²) in [5.74, 6) is -0.791. The van der Waals surface area contributed by atoms with Crippen molar-refractivity contribution >= 4 is 26.9 Å². The maximum Gasteiger partial charge on any atom is 0.320 e. The highest BCUT2D eigenvalue weighted by Gasteiger charge is 2.23. The van der Waals surface area contributed by atoms with Crippen molar-refractivity contribution in [3.05, 3.63) is 100 Å². The van der Waals surface area contributed by atoms with Gasteiger partial charge in [0.1, 0.15) is 23.9 Å². The molecule has 0 bridgehead atoms. The van der Waals surface area contributed by atoms with E-state index in [0.717, 1.165) is 28.8 Å². The Kier molecular flexibility index (Phi) is 7.08. The monoisotopic (exact) mass is 517 g/mol. The van der Waals surface area contributed by atoms with E-state index < -0.39 is 26.9 Å². The van der Waals surface area contributed by atoms with Gasteiger partial charge in [0, 0.05) is 23.9 Å². The molecule has 37 heavy (non-hydrogen) atoms. The molecule has 0 spiro atoms. The minimum Gasteiger partial charge on any atom is -0.326 e. The molecule has 0 saturated heterocycles. The van der Waals surface area contributed by atoms with E-state index in [0.29, 0.717) is 16.8 Å². The van der Waals surface area contributed by atoms with Crippen LogP contribution in [0, 0.1) is 22.6 Å². The molecule has 0 radical (unpaired) electrons. The third-order valence-electron chi connectivity index (χ3n) is 5.73. The Labute approximate surface area is 212 Å². The van der Waals surface area contributed by atoms with E-state index in [2.05, 4.69) is 4.98 Å². The van der Waals surface area contributed by atoms with Crippen molar-refractivity contribution in [2.75, 3.05) is 6.26 Å². The van der Waals surface area contributed by atoms with E-state index in [1.807, 2.05) is 0 Å². The first kappa shape index (κ1) is 25.6. The lowest BCUT2D eigenvalue weighted by atomic mass is 10.0. The van der Waals surface area contributed by atoms with E-state index in [9.17, 15) is 18.5 Å². The predicted octanol–water partition coefficient (Wildman–Crippen LogP) is 2.32. The minimum absolute atomic E-state index is 0.0517. The molecule has 0 unspecified atom stereocenters. The molecule has 0 aliphatic heterocycles. The Morgan fingerprint density at radius 3 is 2.54 bits per heavy atom. The average molecular weight is 518 g/mol. The molecule has 0 amide bonds. The first-order valence-electron chi connectivity index (χ1n) is 11.0. The van der Waals surface area contributed by atoms with Crippen molar-refractivity contribution in [3.63, 3.8) is 0 Å². The van der Waals surface area contributed by atoms with Gasteiger partial charge in [-0.1, -0.05) is 42.5 Å². The normalized spacial score (nSPS) is 11.2. The van der Waals surface area contributed by atoms with Crippen molar-refractivity contribution in [3.8, 4) is 22.9 Å². The first-order chi connectivity index (χ1) is 17.7. The summed E-state index contributed by atoms with van der Waals surface area (Å²) in [5, 5.41) is 18.7. The zero-order chi connectivity index (χ0) is 26.7. The number of sulfone groups is 1. The second-order valence-electron chi connectivity index (χ2n) is 8.15. The molecule has 9 nitrogen and oxygen atoms in total. The van der Waals surface area contributed by atoms with Gasteiger partial charge in [-0.2, -0.15) is 5.26 Å². The maximum absolute atomic E-state index is 15.4. The Morgan fingerprint density at radius 1 is 1.16 bits per heavy atom. The SMILES string of the molecule is CS(=O)(=O)c1ccccc1-c1ccc(-n2cnc(C(=N)C#N)c([NH2+]c3ccccc3CN)c2=O)c(F)c1. The summed E-state index contributed by atoms with van der Waals surface area (Å²) in [4.78, 5) is 17.7. The highest BCUT2D eigenvalue weighted by molar-refractivity contribution is 7.90. The zero-order valence-electron chi connectivity index (χ0n) is 19.6. The number of aromatic nitrogens is 2. The van der Waals surface area contributed by atoms with Crippen molar-refractivity contribution in [2.24, 2.45) is 5.73 Å². The van der Waals surface area contributed by atoms with Gasteiger partial charge < -0.3 is 5.73 Å². The van der Waals surface area contributed by atoms with E-state index in [-0.39, 0.29) is 28.5 Å². The molecule has 0 aliphatic rings. The lowest BCUT2D eigenvalue weighted by Gasteiger charge is -2.13. The molecule has 0 atom stereocenters. The molecule has 4 rings (SSSR count). The summed E-state index contributed by atoms with van der Waals surface area (Å²) >= 11 is 0. The molecular formula is C26H22FN6O3S+. The van der Waals surface area contributed by atoms with Crippen LogP contribution in [-0.2, 0) is 16.4 Å². The summed E-state index contributed by atoms with van der Waals surface area (Å²) in [6.45, 7) is 0.192. The zero-order valence-corrected chi connectivity index (χ0v) is 20.5. The number of quaternary nitrogens is 1. The average Bonchev–Trinajstić information content (AvgIpc) is 2.89. The fraction of sp³-hybridized carbons (Fsp3) is 0.0769. The number of para-hydroxylation sites is 1. The Hall–Kier alpha value is -4.50.